The molecule has 1 fully saturated rings. The summed E-state index contributed by atoms with van der Waals surface area (Å²) in [5, 5.41) is 20.6. The highest BCUT2D eigenvalue weighted by molar-refractivity contribution is 7.66. The van der Waals surface area contributed by atoms with Crippen LogP contribution in [0.3, 0.4) is 0 Å². The number of nitrogens with one attached hydrogen (secondary N) is 1. The molecule has 1 aliphatic rings. The third-order valence-corrected chi connectivity index (χ3v) is 7.26. The number of nitrogens with zero attached hydrogens (tertiary/aromatic N) is 1. The summed E-state index contributed by atoms with van der Waals surface area (Å²) >= 11 is 0. The van der Waals surface area contributed by atoms with E-state index in [1.165, 1.54) is 4.98 Å². The Hall–Kier alpha value is -1.17. The minimum Gasteiger partial charge on any atom is -0.387 e. The van der Waals surface area contributed by atoms with Crippen LogP contribution >= 0.6 is 23.5 Å². The third kappa shape index (κ3) is 6.24. The number of aromatic nitrogens is 2. The highest BCUT2D eigenvalue weighted by atomic mass is 31.3. The van der Waals surface area contributed by atoms with Crippen molar-refractivity contribution in [2.75, 3.05) is 13.2 Å². The van der Waals surface area contributed by atoms with E-state index in [-0.39, 0.29) is 10.8 Å². The van der Waals surface area contributed by atoms with Crippen LogP contribution in [0.1, 0.15) is 8.97 Å². The molecular formula is C10H15F2N2O15P3. The van der Waals surface area contributed by atoms with Crippen LogP contribution in [0.15, 0.2) is 15.8 Å². The van der Waals surface area contributed by atoms with Crippen molar-refractivity contribution in [3.63, 3.8) is 0 Å². The van der Waals surface area contributed by atoms with Crippen molar-refractivity contribution in [2.24, 2.45) is 0 Å². The molecule has 3 unspecified atom stereocenters. The Balaban J connectivity index is 2.39. The lowest BCUT2D eigenvalue weighted by atomic mass is 9.95. The molecule has 0 radical (unpaired) electrons. The number of phosphoric ester groups is 1. The van der Waals surface area contributed by atoms with Gasteiger partial charge in [0.2, 0.25) is 5.82 Å². The minimum absolute atomic E-state index is 0.0143. The summed E-state index contributed by atoms with van der Waals surface area (Å²) in [4.78, 5) is 60.0. The van der Waals surface area contributed by atoms with Gasteiger partial charge in [0.1, 0.15) is 18.9 Å². The molecule has 0 bridgehead atoms. The first-order valence-corrected chi connectivity index (χ1v) is 12.1. The summed E-state index contributed by atoms with van der Waals surface area (Å²) in [6.45, 7) is -5.87. The van der Waals surface area contributed by atoms with E-state index in [2.05, 4.69) is 13.1 Å². The monoisotopic (exact) mass is 536 g/mol. The van der Waals surface area contributed by atoms with Crippen molar-refractivity contribution < 1.29 is 72.9 Å². The fourth-order valence-electron chi connectivity index (χ4n) is 2.33. The first-order valence-electron chi connectivity index (χ1n) is 8.61. The number of phosphoric acid groups is 3. The number of ether oxygens (including phenoxy) is 1. The Morgan fingerprint density at radius 3 is 2.34 bits per heavy atom. The van der Waals surface area contributed by atoms with Crippen LogP contribution in [0.2, 0.25) is 0 Å². The zero-order valence-electron chi connectivity index (χ0n) is 16.9. The molecule has 1 aromatic rings. The van der Waals surface area contributed by atoms with E-state index in [0.29, 0.717) is 0 Å². The molecule has 32 heavy (non-hydrogen) atoms. The number of H-pyrrole nitrogens is 1. The number of aromatic amines is 1. The van der Waals surface area contributed by atoms with Gasteiger partial charge in [-0.05, 0) is 0 Å². The fourth-order valence-corrected chi connectivity index (χ4v) is 5.21. The van der Waals surface area contributed by atoms with Crippen molar-refractivity contribution in [3.8, 4) is 0 Å². The highest BCUT2D eigenvalue weighted by Gasteiger charge is 2.57. The molecule has 6 atom stereocenters. The van der Waals surface area contributed by atoms with Gasteiger partial charge in [-0.1, -0.05) is 0 Å². The highest BCUT2D eigenvalue weighted by Crippen LogP contribution is 2.66. The van der Waals surface area contributed by atoms with Crippen LogP contribution in [0.25, 0.3) is 0 Å². The second kappa shape index (κ2) is 9.23. The zero-order chi connectivity index (χ0) is 26.5. The van der Waals surface area contributed by atoms with Crippen LogP contribution < -0.4 is 11.2 Å². The molecule has 2 heterocycles. The molecule has 1 aromatic heterocycles. The number of halogens is 2. The second-order valence-electron chi connectivity index (χ2n) is 5.92. The van der Waals surface area contributed by atoms with Crippen LogP contribution in [0.4, 0.5) is 8.78 Å². The zero-order valence-corrected chi connectivity index (χ0v) is 17.6. The van der Waals surface area contributed by atoms with Gasteiger partial charge in [-0.2, -0.15) is 13.0 Å². The fraction of sp³-hybridized carbons (Fsp3) is 0.600. The van der Waals surface area contributed by atoms with E-state index in [1.807, 2.05) is 0 Å². The molecule has 0 aliphatic carbocycles. The first-order chi connectivity index (χ1) is 15.1. The van der Waals surface area contributed by atoms with Gasteiger partial charge >= 0.3 is 29.2 Å². The first kappa shape index (κ1) is 24.0. The Labute approximate surface area is 177 Å². The number of hydrogen-bond donors (Lipinski definition) is 7. The third-order valence-electron chi connectivity index (χ3n) is 3.59. The average Bonchev–Trinajstić information content (AvgIpc) is 2.87. The van der Waals surface area contributed by atoms with Gasteiger partial charge in [0.25, 0.3) is 5.56 Å². The molecule has 7 N–H and O–H groups in total. The van der Waals surface area contributed by atoms with E-state index >= 15 is 0 Å². The van der Waals surface area contributed by atoms with Gasteiger partial charge in [-0.15, -0.1) is 0 Å². The number of alkyl halides is 1. The quantitative estimate of drug-likeness (QED) is 0.168. The molecular weight excluding hydrogens is 519 g/mol. The SMILES string of the molecule is [2H]C([2H])(OP(=O)(O)OP(=O)(O)OP(=O)(O)O)[C@H]1O[C@@H](n2cc(F)c(=O)[nH]c2=O)C(O)(CF)[C@H]1O. The minimum atomic E-state index is -6.17. The van der Waals surface area contributed by atoms with Gasteiger partial charge in [-0.25, -0.2) is 22.9 Å². The molecule has 0 spiro atoms. The molecule has 1 aliphatic heterocycles. The van der Waals surface area contributed by atoms with Crippen molar-refractivity contribution in [1.29, 1.82) is 0 Å². The van der Waals surface area contributed by atoms with E-state index in [0.717, 1.165) is 0 Å². The summed E-state index contributed by atoms with van der Waals surface area (Å²) in [5.41, 5.74) is -6.32. The average molecular weight is 536 g/mol. The molecule has 0 amide bonds. The predicted molar refractivity (Wildman–Crippen MR) is 91.9 cm³/mol. The summed E-state index contributed by atoms with van der Waals surface area (Å²) in [6, 6.07) is 0. The van der Waals surface area contributed by atoms with Gasteiger partial charge < -0.3 is 34.5 Å². The van der Waals surface area contributed by atoms with E-state index < -0.39 is 77.8 Å². The summed E-state index contributed by atoms with van der Waals surface area (Å²) in [6.07, 6.45) is -7.84. The van der Waals surface area contributed by atoms with E-state index in [4.69, 9.17) is 22.2 Å². The molecule has 0 saturated carbocycles. The van der Waals surface area contributed by atoms with E-state index in [9.17, 15) is 47.2 Å². The number of rotatable bonds is 9. The van der Waals surface area contributed by atoms with E-state index in [1.54, 1.807) is 0 Å². The maximum absolute atomic E-state index is 13.6. The normalized spacial score (nSPS) is 31.4. The molecule has 184 valence electrons. The molecule has 0 aromatic carbocycles. The summed E-state index contributed by atoms with van der Waals surface area (Å²) in [5.74, 6) is -1.65. The summed E-state index contributed by atoms with van der Waals surface area (Å²) < 4.78 is 92.0. The Morgan fingerprint density at radius 1 is 1.22 bits per heavy atom. The number of aliphatic hydroxyl groups excluding tert-OH is 1. The topological polar surface area (TPSA) is 264 Å². The lowest BCUT2D eigenvalue weighted by Crippen LogP contribution is -2.51. The van der Waals surface area contributed by atoms with Gasteiger partial charge in [0.05, 0.1) is 15.5 Å². The molecule has 17 nitrogen and oxygen atoms in total. The molecule has 2 rings (SSSR count). The predicted octanol–water partition coefficient (Wildman–Crippen LogP) is -2.02. The van der Waals surface area contributed by atoms with Crippen molar-refractivity contribution in [3.05, 3.63) is 32.9 Å². The van der Waals surface area contributed by atoms with Gasteiger partial charge in [0.15, 0.2) is 11.8 Å². The number of aliphatic hydroxyl groups is 2. The second-order valence-corrected chi connectivity index (χ2v) is 10.3. The summed E-state index contributed by atoms with van der Waals surface area (Å²) in [7, 11) is -18.0. The maximum atomic E-state index is 13.6. The van der Waals surface area contributed by atoms with Crippen LogP contribution in [-0.2, 0) is 31.6 Å². The lowest BCUT2D eigenvalue weighted by molar-refractivity contribution is -0.121. The van der Waals surface area contributed by atoms with Crippen molar-refractivity contribution >= 4 is 23.5 Å². The Kier molecular flexibility index (Phi) is 6.91. The van der Waals surface area contributed by atoms with Gasteiger partial charge in [0, 0.05) is 0 Å². The number of hydrogen-bond acceptors (Lipinski definition) is 11. The smallest absolute Gasteiger partial charge is 0.387 e. The van der Waals surface area contributed by atoms with Crippen LogP contribution in [0, 0.1) is 5.82 Å². The Bertz CT molecular complexity index is 1200. The molecule has 1 saturated heterocycles. The van der Waals surface area contributed by atoms with Gasteiger partial charge in [-0.3, -0.25) is 18.9 Å². The maximum Gasteiger partial charge on any atom is 0.490 e. The molecule has 22 heteroatoms. The van der Waals surface area contributed by atoms with Crippen LogP contribution in [0.5, 0.6) is 0 Å². The Morgan fingerprint density at radius 2 is 1.81 bits per heavy atom. The largest absolute Gasteiger partial charge is 0.490 e. The van der Waals surface area contributed by atoms with Crippen molar-refractivity contribution in [1.82, 2.24) is 9.55 Å². The lowest BCUT2D eigenvalue weighted by Gasteiger charge is -2.28. The standard InChI is InChI=1S/C10H15F2N2O15P3/c11-3-10(18)6(15)5(27-8(10)14-1-4(12)7(16)13-9(14)17)2-26-31(22,23)29-32(24,25)28-30(19,20)21/h1,5-6,8,15,18H,2-3H2,(H,22,23)(H,24,25)(H,13,16,17)(H2,19,20,21)/t5-,6+,8-,10?/m1/s1/i2D2. The van der Waals surface area contributed by atoms with Crippen molar-refractivity contribution in [2.45, 2.75) is 24.0 Å². The van der Waals surface area contributed by atoms with Crippen LogP contribution in [-0.4, -0.2) is 70.4 Å².